The highest BCUT2D eigenvalue weighted by atomic mass is 16.5. The summed E-state index contributed by atoms with van der Waals surface area (Å²) in [6.07, 6.45) is 3.00. The number of para-hydroxylation sites is 2. The first-order chi connectivity index (χ1) is 19.6. The smallest absolute Gasteiger partial charge is 0.224 e. The number of unbranched alkanes of at least 4 members (excludes halogenated alkanes) is 1. The summed E-state index contributed by atoms with van der Waals surface area (Å²) in [4.78, 5) is 17.5. The van der Waals surface area contributed by atoms with E-state index in [0.717, 1.165) is 53.1 Å². The van der Waals surface area contributed by atoms with E-state index in [1.165, 1.54) is 16.7 Å². The van der Waals surface area contributed by atoms with Gasteiger partial charge >= 0.3 is 0 Å². The lowest BCUT2D eigenvalue weighted by Crippen LogP contribution is -2.28. The van der Waals surface area contributed by atoms with Crippen molar-refractivity contribution in [1.82, 2.24) is 14.9 Å². The Bertz CT molecular complexity index is 1560. The lowest BCUT2D eigenvalue weighted by atomic mass is 10.0. The number of fused-ring (bicyclic) bond motifs is 1. The maximum Gasteiger partial charge on any atom is 0.224 e. The number of nitrogens with one attached hydrogen (secondary N) is 1. The highest BCUT2D eigenvalue weighted by molar-refractivity contribution is 5.79. The van der Waals surface area contributed by atoms with Crippen LogP contribution < -0.4 is 10.1 Å². The third kappa shape index (κ3) is 6.97. The van der Waals surface area contributed by atoms with Gasteiger partial charge in [-0.15, -0.1) is 0 Å². The molecular formula is C35H37N3O2. The molecule has 1 amide bonds. The zero-order valence-corrected chi connectivity index (χ0v) is 23.4. The van der Waals surface area contributed by atoms with Crippen LogP contribution in [0.4, 0.5) is 0 Å². The Morgan fingerprint density at radius 3 is 2.38 bits per heavy atom. The lowest BCUT2D eigenvalue weighted by Gasteiger charge is -2.11. The summed E-state index contributed by atoms with van der Waals surface area (Å²) >= 11 is 0. The van der Waals surface area contributed by atoms with E-state index in [4.69, 9.17) is 9.72 Å². The summed E-state index contributed by atoms with van der Waals surface area (Å²) < 4.78 is 8.27. The molecular weight excluding hydrogens is 494 g/mol. The van der Waals surface area contributed by atoms with Crippen LogP contribution in [-0.4, -0.2) is 28.6 Å². The Hall–Kier alpha value is -4.38. The molecule has 0 aliphatic heterocycles. The third-order valence-electron chi connectivity index (χ3n) is 7.35. The molecule has 5 aromatic rings. The van der Waals surface area contributed by atoms with Gasteiger partial charge in [0.2, 0.25) is 5.91 Å². The number of benzene rings is 4. The van der Waals surface area contributed by atoms with E-state index in [0.29, 0.717) is 26.0 Å². The molecule has 0 unspecified atom stereocenters. The normalized spacial score (nSPS) is 11.1. The zero-order valence-electron chi connectivity index (χ0n) is 23.4. The van der Waals surface area contributed by atoms with Crippen LogP contribution in [0.15, 0.2) is 97.1 Å². The fourth-order valence-corrected chi connectivity index (χ4v) is 4.94. The molecule has 0 radical (unpaired) electrons. The van der Waals surface area contributed by atoms with E-state index in [1.54, 1.807) is 0 Å². The molecule has 0 fully saturated rings. The molecule has 0 saturated heterocycles. The average Bonchev–Trinajstić information content (AvgIpc) is 3.32. The van der Waals surface area contributed by atoms with Crippen molar-refractivity contribution in [2.45, 2.75) is 46.1 Å². The molecule has 0 aliphatic carbocycles. The molecule has 5 heteroatoms. The number of carbonyl (C=O) groups excluding carboxylic acids is 1. The quantitative estimate of drug-likeness (QED) is 0.175. The van der Waals surface area contributed by atoms with Crippen LogP contribution in [-0.2, 0) is 24.2 Å². The Morgan fingerprint density at radius 1 is 0.825 bits per heavy atom. The molecule has 0 bridgehead atoms. The van der Waals surface area contributed by atoms with Crippen molar-refractivity contribution in [2.24, 2.45) is 0 Å². The minimum absolute atomic E-state index is 0.0265. The van der Waals surface area contributed by atoms with Crippen LogP contribution in [0.3, 0.4) is 0 Å². The zero-order chi connectivity index (χ0) is 27.7. The summed E-state index contributed by atoms with van der Waals surface area (Å²) in [5.41, 5.74) is 8.00. The molecule has 0 atom stereocenters. The molecule has 1 aromatic heterocycles. The van der Waals surface area contributed by atoms with Gasteiger partial charge in [-0.1, -0.05) is 72.8 Å². The Balaban J connectivity index is 1.12. The number of aryl methyl sites for hydroxylation is 3. The van der Waals surface area contributed by atoms with Crippen molar-refractivity contribution in [3.63, 3.8) is 0 Å². The van der Waals surface area contributed by atoms with Crippen LogP contribution >= 0.6 is 0 Å². The SMILES string of the molecule is Cc1ccc(OCCCCn2c(CCNC(=O)Cc3ccc(-c4ccccc4)cc3)nc3ccccc32)cc1C. The molecule has 0 saturated carbocycles. The highest BCUT2D eigenvalue weighted by Crippen LogP contribution is 2.20. The molecule has 1 heterocycles. The van der Waals surface area contributed by atoms with Crippen molar-refractivity contribution in [2.75, 3.05) is 13.2 Å². The summed E-state index contributed by atoms with van der Waals surface area (Å²) in [6, 6.07) is 33.0. The monoisotopic (exact) mass is 531 g/mol. The number of carbonyl (C=O) groups is 1. The van der Waals surface area contributed by atoms with Gasteiger partial charge < -0.3 is 14.6 Å². The van der Waals surface area contributed by atoms with E-state index in [2.05, 4.69) is 78.3 Å². The largest absolute Gasteiger partial charge is 0.494 e. The number of aromatic nitrogens is 2. The molecule has 5 nitrogen and oxygen atoms in total. The maximum atomic E-state index is 12.7. The van der Waals surface area contributed by atoms with Crippen molar-refractivity contribution < 1.29 is 9.53 Å². The van der Waals surface area contributed by atoms with Crippen LogP contribution in [0, 0.1) is 13.8 Å². The van der Waals surface area contributed by atoms with Crippen molar-refractivity contribution in [1.29, 1.82) is 0 Å². The topological polar surface area (TPSA) is 56.1 Å². The minimum atomic E-state index is 0.0265. The third-order valence-corrected chi connectivity index (χ3v) is 7.35. The average molecular weight is 532 g/mol. The van der Waals surface area contributed by atoms with Gasteiger partial charge in [-0.2, -0.15) is 0 Å². The molecule has 204 valence electrons. The van der Waals surface area contributed by atoms with E-state index in [9.17, 15) is 4.79 Å². The van der Waals surface area contributed by atoms with Gasteiger partial charge in [-0.05, 0) is 78.8 Å². The van der Waals surface area contributed by atoms with Gasteiger partial charge in [-0.3, -0.25) is 4.79 Å². The summed E-state index contributed by atoms with van der Waals surface area (Å²) in [5.74, 6) is 1.96. The molecule has 40 heavy (non-hydrogen) atoms. The predicted molar refractivity (Wildman–Crippen MR) is 163 cm³/mol. The fourth-order valence-electron chi connectivity index (χ4n) is 4.94. The molecule has 4 aromatic carbocycles. The van der Waals surface area contributed by atoms with Crippen molar-refractivity contribution >= 4 is 16.9 Å². The van der Waals surface area contributed by atoms with Gasteiger partial charge in [0.15, 0.2) is 0 Å². The number of nitrogens with zero attached hydrogens (tertiary/aromatic N) is 2. The number of amides is 1. The van der Waals surface area contributed by atoms with Crippen LogP contribution in [0.25, 0.3) is 22.2 Å². The first-order valence-corrected chi connectivity index (χ1v) is 14.1. The number of rotatable bonds is 12. The van der Waals surface area contributed by atoms with Crippen LogP contribution in [0.2, 0.25) is 0 Å². The van der Waals surface area contributed by atoms with E-state index < -0.39 is 0 Å². The van der Waals surface area contributed by atoms with Crippen molar-refractivity contribution in [3.05, 3.63) is 120 Å². The Labute approximate surface area is 236 Å². The van der Waals surface area contributed by atoms with Gasteiger partial charge in [0.05, 0.1) is 24.1 Å². The Kier molecular flexibility index (Phi) is 8.92. The second-order valence-electron chi connectivity index (χ2n) is 10.3. The summed E-state index contributed by atoms with van der Waals surface area (Å²) in [7, 11) is 0. The molecule has 0 aliphatic rings. The highest BCUT2D eigenvalue weighted by Gasteiger charge is 2.11. The lowest BCUT2D eigenvalue weighted by molar-refractivity contribution is -0.120. The van der Waals surface area contributed by atoms with Gasteiger partial charge in [0.25, 0.3) is 0 Å². The summed E-state index contributed by atoms with van der Waals surface area (Å²) in [6.45, 7) is 6.34. The standard InChI is InChI=1S/C35H37N3O2/c1-26-14-19-31(24-27(26)2)40-23-9-8-22-38-33-13-7-6-12-32(33)37-34(38)20-21-36-35(39)25-28-15-17-30(18-16-28)29-10-4-3-5-11-29/h3-7,10-19,24H,8-9,20-23,25H2,1-2H3,(H,36,39). The number of imidazole rings is 1. The fraction of sp³-hybridized carbons (Fsp3) is 0.257. The van der Waals surface area contributed by atoms with Gasteiger partial charge in [0.1, 0.15) is 11.6 Å². The first-order valence-electron chi connectivity index (χ1n) is 14.1. The van der Waals surface area contributed by atoms with Crippen LogP contribution in [0.5, 0.6) is 5.75 Å². The number of hydrogen-bond donors (Lipinski definition) is 1. The molecule has 1 N–H and O–H groups in total. The van der Waals surface area contributed by atoms with E-state index >= 15 is 0 Å². The maximum absolute atomic E-state index is 12.7. The molecule has 0 spiro atoms. The van der Waals surface area contributed by atoms with E-state index in [1.807, 2.05) is 42.5 Å². The van der Waals surface area contributed by atoms with Gasteiger partial charge in [0, 0.05) is 19.5 Å². The van der Waals surface area contributed by atoms with Crippen molar-refractivity contribution in [3.8, 4) is 16.9 Å². The Morgan fingerprint density at radius 2 is 1.57 bits per heavy atom. The summed E-state index contributed by atoms with van der Waals surface area (Å²) in [5, 5.41) is 3.09. The van der Waals surface area contributed by atoms with Crippen LogP contribution in [0.1, 0.15) is 35.4 Å². The molecule has 5 rings (SSSR count). The van der Waals surface area contributed by atoms with Gasteiger partial charge in [-0.25, -0.2) is 4.98 Å². The predicted octanol–water partition coefficient (Wildman–Crippen LogP) is 7.08. The second-order valence-corrected chi connectivity index (χ2v) is 10.3. The second kappa shape index (κ2) is 13.1. The number of ether oxygens (including phenoxy) is 1. The first kappa shape index (κ1) is 27.2. The minimum Gasteiger partial charge on any atom is -0.494 e. The number of hydrogen-bond acceptors (Lipinski definition) is 3. The van der Waals surface area contributed by atoms with E-state index in [-0.39, 0.29) is 5.91 Å².